The van der Waals surface area contributed by atoms with E-state index in [1.54, 1.807) is 0 Å². The Morgan fingerprint density at radius 1 is 1.16 bits per heavy atom. The molecule has 1 aromatic carbocycles. The van der Waals surface area contributed by atoms with Crippen LogP contribution in [0.25, 0.3) is 0 Å². The summed E-state index contributed by atoms with van der Waals surface area (Å²) in [5, 5.41) is 7.95. The molecule has 0 spiro atoms. The van der Waals surface area contributed by atoms with Gasteiger partial charge in [-0.1, -0.05) is 25.1 Å². The van der Waals surface area contributed by atoms with Gasteiger partial charge in [-0.25, -0.2) is 0 Å². The summed E-state index contributed by atoms with van der Waals surface area (Å²) in [6.45, 7) is 9.21. The lowest BCUT2D eigenvalue weighted by Crippen LogP contribution is -2.14. The van der Waals surface area contributed by atoms with Gasteiger partial charge >= 0.3 is 0 Å². The molecule has 0 aliphatic rings. The molecule has 0 bridgehead atoms. The second-order valence-corrected chi connectivity index (χ2v) is 5.10. The molecule has 3 nitrogen and oxygen atoms in total. The van der Waals surface area contributed by atoms with Gasteiger partial charge in [0.1, 0.15) is 0 Å². The summed E-state index contributed by atoms with van der Waals surface area (Å²) in [7, 11) is 0. The fraction of sp³-hybridized carbons (Fsp3) is 0.438. The first-order valence-corrected chi connectivity index (χ1v) is 6.98. The average Bonchev–Trinajstić information content (AvgIpc) is 2.82. The van der Waals surface area contributed by atoms with E-state index in [1.807, 2.05) is 4.68 Å². The SMILES string of the molecule is CCCNCc1ccn(Cc2ccc(C)c(C)c2)n1. The van der Waals surface area contributed by atoms with Crippen LogP contribution in [0.2, 0.25) is 0 Å². The van der Waals surface area contributed by atoms with E-state index in [0.717, 1.165) is 31.7 Å². The Hall–Kier alpha value is -1.61. The molecule has 19 heavy (non-hydrogen) atoms. The molecule has 1 heterocycles. The minimum absolute atomic E-state index is 0.842. The number of nitrogens with one attached hydrogen (secondary N) is 1. The van der Waals surface area contributed by atoms with Crippen LogP contribution in [0.3, 0.4) is 0 Å². The molecule has 0 saturated carbocycles. The standard InChI is InChI=1S/C16H23N3/c1-4-8-17-11-16-7-9-19(18-16)12-15-6-5-13(2)14(3)10-15/h5-7,9-10,17H,4,8,11-12H2,1-3H3. The van der Waals surface area contributed by atoms with Crippen molar-refractivity contribution in [1.29, 1.82) is 0 Å². The molecule has 102 valence electrons. The monoisotopic (exact) mass is 257 g/mol. The van der Waals surface area contributed by atoms with E-state index in [0.29, 0.717) is 0 Å². The molecule has 0 aliphatic heterocycles. The molecule has 2 rings (SSSR count). The summed E-state index contributed by atoms with van der Waals surface area (Å²) in [6, 6.07) is 8.69. The van der Waals surface area contributed by atoms with Crippen LogP contribution in [0.4, 0.5) is 0 Å². The van der Waals surface area contributed by atoms with Crippen LogP contribution in [0.5, 0.6) is 0 Å². The zero-order valence-corrected chi connectivity index (χ0v) is 12.1. The first-order valence-electron chi connectivity index (χ1n) is 6.98. The number of rotatable bonds is 6. The van der Waals surface area contributed by atoms with Gasteiger partial charge in [-0.2, -0.15) is 5.10 Å². The van der Waals surface area contributed by atoms with Crippen molar-refractivity contribution >= 4 is 0 Å². The van der Waals surface area contributed by atoms with E-state index < -0.39 is 0 Å². The molecule has 0 amide bonds. The maximum absolute atomic E-state index is 4.58. The molecule has 2 aromatic rings. The number of benzene rings is 1. The van der Waals surface area contributed by atoms with Crippen LogP contribution in [0, 0.1) is 13.8 Å². The molecule has 0 unspecified atom stereocenters. The van der Waals surface area contributed by atoms with Crippen molar-refractivity contribution in [3.05, 3.63) is 52.8 Å². The Balaban J connectivity index is 1.97. The molecule has 0 saturated heterocycles. The second-order valence-electron chi connectivity index (χ2n) is 5.10. The van der Waals surface area contributed by atoms with Crippen molar-refractivity contribution < 1.29 is 0 Å². The smallest absolute Gasteiger partial charge is 0.0762 e. The van der Waals surface area contributed by atoms with E-state index >= 15 is 0 Å². The van der Waals surface area contributed by atoms with Crippen LogP contribution in [-0.2, 0) is 13.1 Å². The van der Waals surface area contributed by atoms with Crippen molar-refractivity contribution in [2.75, 3.05) is 6.54 Å². The number of aryl methyl sites for hydroxylation is 2. The van der Waals surface area contributed by atoms with Crippen LogP contribution in [0.1, 0.15) is 35.7 Å². The first kappa shape index (κ1) is 13.8. The van der Waals surface area contributed by atoms with Crippen LogP contribution >= 0.6 is 0 Å². The van der Waals surface area contributed by atoms with Crippen LogP contribution < -0.4 is 5.32 Å². The third-order valence-corrected chi connectivity index (χ3v) is 3.34. The van der Waals surface area contributed by atoms with Gasteiger partial charge < -0.3 is 5.32 Å². The van der Waals surface area contributed by atoms with Crippen LogP contribution in [-0.4, -0.2) is 16.3 Å². The summed E-state index contributed by atoms with van der Waals surface area (Å²) < 4.78 is 2.01. The number of nitrogens with zero attached hydrogens (tertiary/aromatic N) is 2. The maximum atomic E-state index is 4.58. The molecular weight excluding hydrogens is 234 g/mol. The summed E-state index contributed by atoms with van der Waals surface area (Å²) in [5.41, 5.74) is 5.10. The number of aromatic nitrogens is 2. The lowest BCUT2D eigenvalue weighted by molar-refractivity contribution is 0.628. The topological polar surface area (TPSA) is 29.9 Å². The quantitative estimate of drug-likeness (QED) is 0.806. The highest BCUT2D eigenvalue weighted by atomic mass is 15.3. The zero-order chi connectivity index (χ0) is 13.7. The third-order valence-electron chi connectivity index (χ3n) is 3.34. The first-order chi connectivity index (χ1) is 9.19. The van der Waals surface area contributed by atoms with E-state index in [-0.39, 0.29) is 0 Å². The van der Waals surface area contributed by atoms with Gasteiger partial charge in [-0.05, 0) is 49.6 Å². The van der Waals surface area contributed by atoms with Gasteiger partial charge in [0.05, 0.1) is 12.2 Å². The Kier molecular flexibility index (Phi) is 4.74. The van der Waals surface area contributed by atoms with Gasteiger partial charge in [0.2, 0.25) is 0 Å². The molecule has 0 fully saturated rings. The summed E-state index contributed by atoms with van der Waals surface area (Å²) >= 11 is 0. The second kappa shape index (κ2) is 6.53. The van der Waals surface area contributed by atoms with Crippen molar-refractivity contribution in [3.63, 3.8) is 0 Å². The summed E-state index contributed by atoms with van der Waals surface area (Å²) in [5.74, 6) is 0. The molecule has 0 radical (unpaired) electrons. The third kappa shape index (κ3) is 3.93. The molecular formula is C16H23N3. The Bertz CT molecular complexity index is 529. The van der Waals surface area contributed by atoms with Gasteiger partial charge in [0, 0.05) is 12.7 Å². The fourth-order valence-corrected chi connectivity index (χ4v) is 2.07. The number of hydrogen-bond acceptors (Lipinski definition) is 2. The predicted molar refractivity (Wildman–Crippen MR) is 79.2 cm³/mol. The Morgan fingerprint density at radius 3 is 2.74 bits per heavy atom. The highest BCUT2D eigenvalue weighted by Crippen LogP contribution is 2.11. The van der Waals surface area contributed by atoms with Crippen LogP contribution in [0.15, 0.2) is 30.5 Å². The molecule has 0 aliphatic carbocycles. The Labute approximate surface area is 115 Å². The molecule has 1 N–H and O–H groups in total. The largest absolute Gasteiger partial charge is 0.311 e. The average molecular weight is 257 g/mol. The summed E-state index contributed by atoms with van der Waals surface area (Å²) in [6.07, 6.45) is 3.21. The zero-order valence-electron chi connectivity index (χ0n) is 12.1. The van der Waals surface area contributed by atoms with Crippen molar-refractivity contribution in [1.82, 2.24) is 15.1 Å². The Morgan fingerprint density at radius 2 is 2.00 bits per heavy atom. The summed E-state index contributed by atoms with van der Waals surface area (Å²) in [4.78, 5) is 0. The van der Waals surface area contributed by atoms with Gasteiger partial charge in [0.25, 0.3) is 0 Å². The minimum atomic E-state index is 0.842. The van der Waals surface area contributed by atoms with Gasteiger partial charge in [-0.15, -0.1) is 0 Å². The highest BCUT2D eigenvalue weighted by Gasteiger charge is 2.01. The maximum Gasteiger partial charge on any atom is 0.0762 e. The van der Waals surface area contributed by atoms with Crippen molar-refractivity contribution in [2.45, 2.75) is 40.3 Å². The molecule has 0 atom stereocenters. The van der Waals surface area contributed by atoms with Crippen molar-refractivity contribution in [3.8, 4) is 0 Å². The van der Waals surface area contributed by atoms with E-state index in [1.165, 1.54) is 16.7 Å². The minimum Gasteiger partial charge on any atom is -0.311 e. The van der Waals surface area contributed by atoms with E-state index in [9.17, 15) is 0 Å². The number of hydrogen-bond donors (Lipinski definition) is 1. The molecule has 1 aromatic heterocycles. The van der Waals surface area contributed by atoms with Gasteiger partial charge in [0.15, 0.2) is 0 Å². The van der Waals surface area contributed by atoms with Crippen molar-refractivity contribution in [2.24, 2.45) is 0 Å². The lowest BCUT2D eigenvalue weighted by Gasteiger charge is -2.05. The normalized spacial score (nSPS) is 10.9. The van der Waals surface area contributed by atoms with E-state index in [4.69, 9.17) is 0 Å². The lowest BCUT2D eigenvalue weighted by atomic mass is 10.1. The molecule has 3 heteroatoms. The van der Waals surface area contributed by atoms with Gasteiger partial charge in [-0.3, -0.25) is 4.68 Å². The highest BCUT2D eigenvalue weighted by molar-refractivity contribution is 5.30. The fourth-order valence-electron chi connectivity index (χ4n) is 2.07. The van der Waals surface area contributed by atoms with E-state index in [2.05, 4.69) is 61.6 Å². The predicted octanol–water partition coefficient (Wildman–Crippen LogP) is 3.05.